The number of fused-ring (bicyclic) bond motifs is 6. The van der Waals surface area contributed by atoms with E-state index in [1.54, 1.807) is 0 Å². The average Bonchev–Trinajstić information content (AvgIpc) is 2.77. The Morgan fingerprint density at radius 1 is 1.30 bits per heavy atom. The molecule has 0 radical (unpaired) electrons. The van der Waals surface area contributed by atoms with E-state index in [1.807, 2.05) is 0 Å². The van der Waals surface area contributed by atoms with Crippen molar-refractivity contribution in [2.24, 2.45) is 11.8 Å². The second-order valence-electron chi connectivity index (χ2n) is 4.23. The molecule has 2 aliphatic carbocycles. The first-order valence-corrected chi connectivity index (χ1v) is 4.18. The van der Waals surface area contributed by atoms with Crippen LogP contribution in [0.2, 0.25) is 0 Å². The van der Waals surface area contributed by atoms with Crippen molar-refractivity contribution in [3.05, 3.63) is 0 Å². The molecule has 2 aliphatic heterocycles. The molecule has 0 aromatic heterocycles. The van der Waals surface area contributed by atoms with Crippen LogP contribution < -0.4 is 0 Å². The lowest BCUT2D eigenvalue weighted by atomic mass is 9.89. The molecule has 1 spiro atoms. The highest BCUT2D eigenvalue weighted by atomic mass is 16.6. The van der Waals surface area contributed by atoms with Gasteiger partial charge in [0.2, 0.25) is 0 Å². The number of hydrogen-bond donors (Lipinski definition) is 0. The summed E-state index contributed by atoms with van der Waals surface area (Å²) >= 11 is 0. The van der Waals surface area contributed by atoms with Crippen LogP contribution in [0.25, 0.3) is 0 Å². The molecule has 0 aromatic rings. The standard InChI is InChI=1S/C8H10O2/c1-4-2-8(3-9-8)5(1)7-6(4)10-7/h4-7H,1-3H2/t4-,5+,6-,7+,8-/m0/s1. The number of epoxide rings is 2. The van der Waals surface area contributed by atoms with Gasteiger partial charge in [-0.25, -0.2) is 0 Å². The second kappa shape index (κ2) is 1.07. The molecule has 2 nitrogen and oxygen atoms in total. The molecule has 54 valence electrons. The van der Waals surface area contributed by atoms with Crippen LogP contribution in [0.15, 0.2) is 0 Å². The highest BCUT2D eigenvalue weighted by Gasteiger charge is 2.73. The van der Waals surface area contributed by atoms with Crippen molar-refractivity contribution in [1.29, 1.82) is 0 Å². The summed E-state index contributed by atoms with van der Waals surface area (Å²) in [5, 5.41) is 0. The molecule has 0 aromatic carbocycles. The largest absolute Gasteiger partial charge is 0.369 e. The Kier molecular flexibility index (Phi) is 0.504. The van der Waals surface area contributed by atoms with E-state index in [1.165, 1.54) is 12.8 Å². The van der Waals surface area contributed by atoms with Gasteiger partial charge in [-0.05, 0) is 18.8 Å². The van der Waals surface area contributed by atoms with Gasteiger partial charge in [0.05, 0.1) is 24.4 Å². The average molecular weight is 138 g/mol. The lowest BCUT2D eigenvalue weighted by Crippen LogP contribution is -2.25. The Morgan fingerprint density at radius 2 is 2.20 bits per heavy atom. The fourth-order valence-electron chi connectivity index (χ4n) is 3.17. The Bertz CT molecular complexity index is 209. The minimum Gasteiger partial charge on any atom is -0.369 e. The molecule has 4 rings (SSSR count). The first kappa shape index (κ1) is 4.73. The summed E-state index contributed by atoms with van der Waals surface area (Å²) < 4.78 is 11.0. The quantitative estimate of drug-likeness (QED) is 0.457. The number of hydrogen-bond acceptors (Lipinski definition) is 2. The SMILES string of the molecule is C1[C@H]2C[C@]3(CO3)[C@H]1[C@H]1O[C@@H]21. The molecule has 5 atom stereocenters. The molecule has 2 heteroatoms. The van der Waals surface area contributed by atoms with Gasteiger partial charge in [-0.3, -0.25) is 0 Å². The molecule has 4 fully saturated rings. The van der Waals surface area contributed by atoms with Crippen molar-refractivity contribution >= 4 is 0 Å². The monoisotopic (exact) mass is 138 g/mol. The zero-order valence-corrected chi connectivity index (χ0v) is 5.75. The molecular weight excluding hydrogens is 128 g/mol. The van der Waals surface area contributed by atoms with Crippen LogP contribution in [0.3, 0.4) is 0 Å². The third-order valence-corrected chi connectivity index (χ3v) is 3.78. The third-order valence-electron chi connectivity index (χ3n) is 3.78. The predicted octanol–water partition coefficient (Wildman–Crippen LogP) is 0.563. The predicted molar refractivity (Wildman–Crippen MR) is 33.6 cm³/mol. The fraction of sp³-hybridized carbons (Fsp3) is 1.00. The van der Waals surface area contributed by atoms with Crippen LogP contribution in [0.4, 0.5) is 0 Å². The summed E-state index contributed by atoms with van der Waals surface area (Å²) in [6, 6.07) is 0. The third kappa shape index (κ3) is 0.330. The van der Waals surface area contributed by atoms with E-state index < -0.39 is 0 Å². The van der Waals surface area contributed by atoms with Crippen molar-refractivity contribution in [2.75, 3.05) is 6.61 Å². The first-order valence-electron chi connectivity index (χ1n) is 4.18. The zero-order valence-electron chi connectivity index (χ0n) is 5.75. The van der Waals surface area contributed by atoms with Gasteiger partial charge in [-0.15, -0.1) is 0 Å². The summed E-state index contributed by atoms with van der Waals surface area (Å²) in [6.45, 7) is 1.03. The van der Waals surface area contributed by atoms with E-state index in [0.29, 0.717) is 17.8 Å². The molecular formula is C8H10O2. The Balaban J connectivity index is 1.84. The minimum absolute atomic E-state index is 0.350. The van der Waals surface area contributed by atoms with E-state index in [9.17, 15) is 0 Å². The molecule has 0 amide bonds. The van der Waals surface area contributed by atoms with E-state index >= 15 is 0 Å². The van der Waals surface area contributed by atoms with Crippen molar-refractivity contribution in [3.63, 3.8) is 0 Å². The molecule has 2 bridgehead atoms. The van der Waals surface area contributed by atoms with Crippen LogP contribution in [-0.4, -0.2) is 24.4 Å². The number of rotatable bonds is 0. The maximum Gasteiger partial charge on any atom is 0.0973 e. The Morgan fingerprint density at radius 3 is 2.80 bits per heavy atom. The zero-order chi connectivity index (χ0) is 6.34. The summed E-state index contributed by atoms with van der Waals surface area (Å²) in [4.78, 5) is 0. The van der Waals surface area contributed by atoms with Gasteiger partial charge < -0.3 is 9.47 Å². The van der Waals surface area contributed by atoms with Gasteiger partial charge in [0, 0.05) is 5.92 Å². The van der Waals surface area contributed by atoms with Crippen molar-refractivity contribution in [3.8, 4) is 0 Å². The minimum atomic E-state index is 0.350. The molecule has 2 saturated carbocycles. The molecule has 2 saturated heterocycles. The normalized spacial score (nSPS) is 74.4. The van der Waals surface area contributed by atoms with E-state index in [-0.39, 0.29) is 0 Å². The van der Waals surface area contributed by atoms with Gasteiger partial charge in [0.25, 0.3) is 0 Å². The summed E-state index contributed by atoms with van der Waals surface area (Å²) in [6.07, 6.45) is 4.00. The van der Waals surface area contributed by atoms with Crippen LogP contribution in [0, 0.1) is 11.8 Å². The van der Waals surface area contributed by atoms with Gasteiger partial charge >= 0.3 is 0 Å². The van der Waals surface area contributed by atoms with Crippen LogP contribution >= 0.6 is 0 Å². The molecule has 0 N–H and O–H groups in total. The fourth-order valence-corrected chi connectivity index (χ4v) is 3.17. The smallest absolute Gasteiger partial charge is 0.0973 e. The maximum atomic E-state index is 5.54. The molecule has 2 heterocycles. The maximum absolute atomic E-state index is 5.54. The van der Waals surface area contributed by atoms with E-state index in [0.717, 1.165) is 18.4 Å². The topological polar surface area (TPSA) is 25.1 Å². The van der Waals surface area contributed by atoms with Gasteiger partial charge in [-0.2, -0.15) is 0 Å². The van der Waals surface area contributed by atoms with Crippen LogP contribution in [0.5, 0.6) is 0 Å². The summed E-state index contributed by atoms with van der Waals surface area (Å²) in [5.41, 5.74) is 0.350. The van der Waals surface area contributed by atoms with E-state index in [4.69, 9.17) is 9.47 Å². The molecule has 10 heavy (non-hydrogen) atoms. The molecule has 0 unspecified atom stereocenters. The first-order chi connectivity index (χ1) is 4.89. The van der Waals surface area contributed by atoms with E-state index in [2.05, 4.69) is 0 Å². The van der Waals surface area contributed by atoms with Crippen LogP contribution in [0.1, 0.15) is 12.8 Å². The number of ether oxygens (including phenoxy) is 2. The summed E-state index contributed by atoms with van der Waals surface area (Å²) in [5.74, 6) is 1.67. The molecule has 4 aliphatic rings. The summed E-state index contributed by atoms with van der Waals surface area (Å²) in [7, 11) is 0. The Labute approximate surface area is 59.5 Å². The lowest BCUT2D eigenvalue weighted by molar-refractivity contribution is 0.206. The van der Waals surface area contributed by atoms with Crippen molar-refractivity contribution in [2.45, 2.75) is 30.7 Å². The van der Waals surface area contributed by atoms with Gasteiger partial charge in [0.1, 0.15) is 0 Å². The Hall–Kier alpha value is -0.0800. The van der Waals surface area contributed by atoms with Crippen molar-refractivity contribution < 1.29 is 9.47 Å². The highest BCUT2D eigenvalue weighted by molar-refractivity contribution is 5.21. The van der Waals surface area contributed by atoms with Crippen LogP contribution in [-0.2, 0) is 9.47 Å². The van der Waals surface area contributed by atoms with Crippen molar-refractivity contribution in [1.82, 2.24) is 0 Å². The van der Waals surface area contributed by atoms with Gasteiger partial charge in [0.15, 0.2) is 0 Å². The lowest BCUT2D eigenvalue weighted by Gasteiger charge is -2.12. The van der Waals surface area contributed by atoms with Gasteiger partial charge in [-0.1, -0.05) is 0 Å². The highest BCUT2D eigenvalue weighted by Crippen LogP contribution is 2.65. The second-order valence-corrected chi connectivity index (χ2v) is 4.23.